The largest absolute Gasteiger partial charge is 0.496 e. The molecule has 0 bridgehead atoms. The molecule has 7 nitrogen and oxygen atoms in total. The number of H-pyrrole nitrogens is 1. The van der Waals surface area contributed by atoms with Crippen molar-refractivity contribution in [3.8, 4) is 5.75 Å². The molecule has 7 heteroatoms. The van der Waals surface area contributed by atoms with Crippen LogP contribution < -0.4 is 15.6 Å². The number of aromatic amines is 1. The van der Waals surface area contributed by atoms with E-state index in [-0.39, 0.29) is 23.9 Å². The Kier molecular flexibility index (Phi) is 5.81. The minimum absolute atomic E-state index is 0.0418. The molecule has 0 aliphatic rings. The van der Waals surface area contributed by atoms with Gasteiger partial charge in [-0.2, -0.15) is 5.10 Å². The van der Waals surface area contributed by atoms with Crippen molar-refractivity contribution in [1.29, 1.82) is 0 Å². The summed E-state index contributed by atoms with van der Waals surface area (Å²) >= 11 is 0. The fraction of sp³-hybridized carbons (Fsp3) is 0.240. The molecular formula is C25H26N4O3. The lowest BCUT2D eigenvalue weighted by Gasteiger charge is -2.13. The number of benzene rings is 1. The van der Waals surface area contributed by atoms with Crippen molar-refractivity contribution in [2.24, 2.45) is 0 Å². The zero-order valence-electron chi connectivity index (χ0n) is 18.6. The van der Waals surface area contributed by atoms with Crippen LogP contribution in [0.15, 0.2) is 59.5 Å². The van der Waals surface area contributed by atoms with Gasteiger partial charge in [0.1, 0.15) is 5.75 Å². The van der Waals surface area contributed by atoms with Crippen LogP contribution in [-0.4, -0.2) is 27.6 Å². The number of hydrogen-bond acceptors (Lipinski definition) is 4. The number of aryl methyl sites for hydroxylation is 1. The molecule has 1 unspecified atom stereocenters. The van der Waals surface area contributed by atoms with Gasteiger partial charge in [-0.1, -0.05) is 37.3 Å². The van der Waals surface area contributed by atoms with Crippen LogP contribution in [0.3, 0.4) is 0 Å². The Morgan fingerprint density at radius 2 is 1.94 bits per heavy atom. The highest BCUT2D eigenvalue weighted by atomic mass is 16.5. The average Bonchev–Trinajstić information content (AvgIpc) is 3.09. The fourth-order valence-electron chi connectivity index (χ4n) is 4.22. The summed E-state index contributed by atoms with van der Waals surface area (Å²) in [5.41, 5.74) is 5.04. The van der Waals surface area contributed by atoms with Crippen LogP contribution in [0.1, 0.15) is 51.3 Å². The number of pyridine rings is 1. The Bertz CT molecular complexity index is 1340. The Morgan fingerprint density at radius 3 is 2.66 bits per heavy atom. The maximum absolute atomic E-state index is 13.3. The summed E-state index contributed by atoms with van der Waals surface area (Å²) < 4.78 is 7.17. The highest BCUT2D eigenvalue weighted by molar-refractivity contribution is 6.03. The molecule has 3 aromatic heterocycles. The lowest BCUT2D eigenvalue weighted by molar-refractivity contribution is 0.0951. The van der Waals surface area contributed by atoms with Gasteiger partial charge in [0.05, 0.1) is 36.0 Å². The number of ether oxygens (including phenoxy) is 1. The Morgan fingerprint density at radius 1 is 1.19 bits per heavy atom. The number of carbonyl (C=O) groups is 1. The van der Waals surface area contributed by atoms with E-state index < -0.39 is 0 Å². The standard InChI is InChI=1S/C25H26N4O3/c1-15-13-21(32-4)19(24(30)28-15)14-26-25(31)22-17(3)23(29-20(22)11-8-12-27-29)16(2)18-9-6-5-7-10-18/h5-13,16H,14H2,1-4H3,(H,26,31)(H,28,30). The first-order valence-electron chi connectivity index (χ1n) is 10.5. The molecule has 3 heterocycles. The van der Waals surface area contributed by atoms with E-state index in [0.717, 1.165) is 22.3 Å². The second-order valence-electron chi connectivity index (χ2n) is 7.85. The number of aromatic nitrogens is 3. The van der Waals surface area contributed by atoms with Crippen LogP contribution >= 0.6 is 0 Å². The second kappa shape index (κ2) is 8.70. The zero-order valence-corrected chi connectivity index (χ0v) is 18.6. The SMILES string of the molecule is COc1cc(C)[nH]c(=O)c1CNC(=O)c1c(C)c(C(C)c2ccccc2)n2ncccc12. The van der Waals surface area contributed by atoms with E-state index in [1.165, 1.54) is 7.11 Å². The predicted octanol–water partition coefficient (Wildman–Crippen LogP) is 3.73. The van der Waals surface area contributed by atoms with E-state index in [0.29, 0.717) is 22.6 Å². The van der Waals surface area contributed by atoms with E-state index in [2.05, 4.69) is 34.5 Å². The number of amides is 1. The van der Waals surface area contributed by atoms with E-state index in [9.17, 15) is 9.59 Å². The van der Waals surface area contributed by atoms with Crippen LogP contribution in [0.2, 0.25) is 0 Å². The van der Waals surface area contributed by atoms with Crippen molar-refractivity contribution in [2.75, 3.05) is 7.11 Å². The van der Waals surface area contributed by atoms with Crippen LogP contribution in [0.5, 0.6) is 5.75 Å². The first-order chi connectivity index (χ1) is 15.4. The molecule has 0 radical (unpaired) electrons. The first-order valence-corrected chi connectivity index (χ1v) is 10.5. The molecule has 0 aliphatic carbocycles. The van der Waals surface area contributed by atoms with E-state index in [4.69, 9.17) is 4.74 Å². The maximum atomic E-state index is 13.3. The highest BCUT2D eigenvalue weighted by Crippen LogP contribution is 2.32. The lowest BCUT2D eigenvalue weighted by atomic mass is 9.94. The Balaban J connectivity index is 1.72. The van der Waals surface area contributed by atoms with Gasteiger partial charge in [0.15, 0.2) is 0 Å². The lowest BCUT2D eigenvalue weighted by Crippen LogP contribution is -2.28. The van der Waals surface area contributed by atoms with Crippen molar-refractivity contribution in [3.05, 3.63) is 98.7 Å². The van der Waals surface area contributed by atoms with Gasteiger partial charge in [-0.05, 0) is 43.2 Å². The molecule has 1 atom stereocenters. The predicted molar refractivity (Wildman–Crippen MR) is 123 cm³/mol. The number of methoxy groups -OCH3 is 1. The minimum atomic E-state index is -0.277. The molecule has 0 saturated carbocycles. The number of rotatable bonds is 6. The van der Waals surface area contributed by atoms with E-state index >= 15 is 0 Å². The minimum Gasteiger partial charge on any atom is -0.496 e. The molecular weight excluding hydrogens is 404 g/mol. The molecule has 1 amide bonds. The molecule has 32 heavy (non-hydrogen) atoms. The number of fused-ring (bicyclic) bond motifs is 1. The Labute approximate surface area is 186 Å². The fourth-order valence-corrected chi connectivity index (χ4v) is 4.22. The van der Waals surface area contributed by atoms with Gasteiger partial charge in [-0.25, -0.2) is 4.52 Å². The molecule has 0 aliphatic heterocycles. The second-order valence-corrected chi connectivity index (χ2v) is 7.85. The normalized spacial score (nSPS) is 12.0. The monoisotopic (exact) mass is 430 g/mol. The topological polar surface area (TPSA) is 88.5 Å². The van der Waals surface area contributed by atoms with Crippen molar-refractivity contribution in [1.82, 2.24) is 19.9 Å². The van der Waals surface area contributed by atoms with Crippen LogP contribution in [-0.2, 0) is 6.54 Å². The van der Waals surface area contributed by atoms with Crippen molar-refractivity contribution in [3.63, 3.8) is 0 Å². The molecule has 164 valence electrons. The Hall–Kier alpha value is -3.87. The number of nitrogens with one attached hydrogen (secondary N) is 2. The van der Waals surface area contributed by atoms with Gasteiger partial charge in [0.2, 0.25) is 0 Å². The van der Waals surface area contributed by atoms with Crippen molar-refractivity contribution in [2.45, 2.75) is 33.2 Å². The molecule has 0 fully saturated rings. The molecule has 4 aromatic rings. The third-order valence-electron chi connectivity index (χ3n) is 5.81. The van der Waals surface area contributed by atoms with Gasteiger partial charge in [-0.15, -0.1) is 0 Å². The quantitative estimate of drug-likeness (QED) is 0.488. The van der Waals surface area contributed by atoms with Crippen LogP contribution in [0, 0.1) is 13.8 Å². The van der Waals surface area contributed by atoms with Gasteiger partial charge >= 0.3 is 0 Å². The highest BCUT2D eigenvalue weighted by Gasteiger charge is 2.25. The van der Waals surface area contributed by atoms with Crippen LogP contribution in [0.25, 0.3) is 5.52 Å². The van der Waals surface area contributed by atoms with E-state index in [1.54, 1.807) is 19.2 Å². The van der Waals surface area contributed by atoms with Crippen molar-refractivity contribution >= 4 is 11.4 Å². The van der Waals surface area contributed by atoms with Crippen LogP contribution in [0.4, 0.5) is 0 Å². The summed E-state index contributed by atoms with van der Waals surface area (Å²) in [5, 5.41) is 7.42. The summed E-state index contributed by atoms with van der Waals surface area (Å²) in [7, 11) is 1.51. The molecule has 0 spiro atoms. The first kappa shape index (κ1) is 21.4. The third-order valence-corrected chi connectivity index (χ3v) is 5.81. The summed E-state index contributed by atoms with van der Waals surface area (Å²) in [6.45, 7) is 5.89. The average molecular weight is 431 g/mol. The summed E-state index contributed by atoms with van der Waals surface area (Å²) in [6.07, 6.45) is 1.71. The van der Waals surface area contributed by atoms with E-state index in [1.807, 2.05) is 41.8 Å². The van der Waals surface area contributed by atoms with Gasteiger partial charge < -0.3 is 15.0 Å². The summed E-state index contributed by atoms with van der Waals surface area (Å²) in [4.78, 5) is 28.4. The number of hydrogen-bond donors (Lipinski definition) is 2. The summed E-state index contributed by atoms with van der Waals surface area (Å²) in [5.74, 6) is 0.229. The third kappa shape index (κ3) is 3.77. The zero-order chi connectivity index (χ0) is 22.8. The molecule has 0 saturated heterocycles. The molecule has 2 N–H and O–H groups in total. The molecule has 4 rings (SSSR count). The number of carbonyl (C=O) groups excluding carboxylic acids is 1. The van der Waals surface area contributed by atoms with Gasteiger partial charge in [0.25, 0.3) is 11.5 Å². The van der Waals surface area contributed by atoms with Crippen molar-refractivity contribution < 1.29 is 9.53 Å². The maximum Gasteiger partial charge on any atom is 0.256 e. The number of nitrogens with zero attached hydrogens (tertiary/aromatic N) is 2. The molecule has 1 aromatic carbocycles. The van der Waals surface area contributed by atoms with Gasteiger partial charge in [0, 0.05) is 17.8 Å². The van der Waals surface area contributed by atoms with Gasteiger partial charge in [-0.3, -0.25) is 9.59 Å². The summed E-state index contributed by atoms with van der Waals surface area (Å²) in [6, 6.07) is 15.6. The smallest absolute Gasteiger partial charge is 0.256 e.